The summed E-state index contributed by atoms with van der Waals surface area (Å²) in [6.45, 7) is 2.17. The lowest BCUT2D eigenvalue weighted by atomic mass is 10.0. The predicted octanol–water partition coefficient (Wildman–Crippen LogP) is 0.981. The molecule has 2 aromatic heterocycles. The van der Waals surface area contributed by atoms with E-state index in [-0.39, 0.29) is 0 Å². The zero-order valence-corrected chi connectivity index (χ0v) is 9.13. The molecule has 1 fully saturated rings. The van der Waals surface area contributed by atoms with Crippen molar-refractivity contribution in [1.82, 2.24) is 25.1 Å². The van der Waals surface area contributed by atoms with Crippen molar-refractivity contribution < 1.29 is 0 Å². The number of nitrogens with one attached hydrogen (secondary N) is 1. The van der Waals surface area contributed by atoms with Crippen molar-refractivity contribution in [3.05, 3.63) is 24.2 Å². The normalized spacial score (nSPS) is 22.1. The van der Waals surface area contributed by atoms with Gasteiger partial charge in [-0.1, -0.05) is 0 Å². The van der Waals surface area contributed by atoms with Crippen molar-refractivity contribution in [2.24, 2.45) is 0 Å². The highest BCUT2D eigenvalue weighted by Gasteiger charge is 2.19. The Balaban J connectivity index is 1.97. The second kappa shape index (κ2) is 4.17. The molecule has 1 unspecified atom stereocenters. The van der Waals surface area contributed by atoms with Gasteiger partial charge < -0.3 is 5.32 Å². The van der Waals surface area contributed by atoms with Crippen LogP contribution in [0.5, 0.6) is 0 Å². The zero-order chi connectivity index (χ0) is 10.8. The van der Waals surface area contributed by atoms with E-state index in [1.807, 2.05) is 16.6 Å². The maximum Gasteiger partial charge on any atom is 0.177 e. The Morgan fingerprint density at radius 1 is 1.25 bits per heavy atom. The first-order chi connectivity index (χ1) is 7.95. The molecule has 1 N–H and O–H groups in total. The molecule has 0 amide bonds. The molecule has 16 heavy (non-hydrogen) atoms. The molecule has 0 saturated carbocycles. The maximum atomic E-state index is 4.32. The average molecular weight is 217 g/mol. The Kier molecular flexibility index (Phi) is 2.53. The minimum Gasteiger partial charge on any atom is -0.317 e. The molecule has 2 aromatic rings. The third kappa shape index (κ3) is 1.67. The van der Waals surface area contributed by atoms with Crippen LogP contribution in [-0.2, 0) is 0 Å². The quantitative estimate of drug-likeness (QED) is 0.773. The van der Waals surface area contributed by atoms with E-state index in [0.717, 1.165) is 31.0 Å². The van der Waals surface area contributed by atoms with Crippen LogP contribution >= 0.6 is 0 Å². The van der Waals surface area contributed by atoms with Crippen LogP contribution in [-0.4, -0.2) is 32.9 Å². The second-order valence-corrected chi connectivity index (χ2v) is 4.23. The number of nitrogens with zero attached hydrogens (tertiary/aromatic N) is 4. The maximum absolute atomic E-state index is 4.32. The van der Waals surface area contributed by atoms with Gasteiger partial charge in [0, 0.05) is 12.1 Å². The van der Waals surface area contributed by atoms with E-state index in [1.54, 1.807) is 6.20 Å². The van der Waals surface area contributed by atoms with Gasteiger partial charge in [0.05, 0.1) is 0 Å². The summed E-state index contributed by atoms with van der Waals surface area (Å²) >= 11 is 0. The predicted molar refractivity (Wildman–Crippen MR) is 60.2 cm³/mol. The van der Waals surface area contributed by atoms with Gasteiger partial charge in [0.25, 0.3) is 0 Å². The van der Waals surface area contributed by atoms with Gasteiger partial charge in [-0.2, -0.15) is 9.61 Å². The fourth-order valence-corrected chi connectivity index (χ4v) is 2.29. The van der Waals surface area contributed by atoms with E-state index in [0.29, 0.717) is 5.92 Å². The third-order valence-corrected chi connectivity index (χ3v) is 3.14. The fourth-order valence-electron chi connectivity index (χ4n) is 2.29. The van der Waals surface area contributed by atoms with Gasteiger partial charge in [0.15, 0.2) is 11.5 Å². The lowest BCUT2D eigenvalue weighted by Gasteiger charge is -2.10. The summed E-state index contributed by atoms with van der Waals surface area (Å²) < 4.78 is 1.87. The number of rotatable bonds is 1. The molecule has 5 nitrogen and oxygen atoms in total. The van der Waals surface area contributed by atoms with Gasteiger partial charge >= 0.3 is 0 Å². The summed E-state index contributed by atoms with van der Waals surface area (Å²) in [6.07, 6.45) is 5.28. The Morgan fingerprint density at radius 2 is 2.25 bits per heavy atom. The second-order valence-electron chi connectivity index (χ2n) is 4.23. The first-order valence-corrected chi connectivity index (χ1v) is 5.82. The SMILES string of the molecule is c1cnn2c(C3CCCNCC3)nnc2c1. The van der Waals surface area contributed by atoms with E-state index in [4.69, 9.17) is 0 Å². The molecule has 0 radical (unpaired) electrons. The summed E-state index contributed by atoms with van der Waals surface area (Å²) in [5.74, 6) is 1.50. The van der Waals surface area contributed by atoms with Crippen LogP contribution in [0.4, 0.5) is 0 Å². The third-order valence-electron chi connectivity index (χ3n) is 3.14. The van der Waals surface area contributed by atoms with Crippen LogP contribution in [0, 0.1) is 0 Å². The monoisotopic (exact) mass is 217 g/mol. The highest BCUT2D eigenvalue weighted by Crippen LogP contribution is 2.24. The molecule has 0 bridgehead atoms. The van der Waals surface area contributed by atoms with E-state index in [9.17, 15) is 0 Å². The van der Waals surface area contributed by atoms with Crippen molar-refractivity contribution in [3.63, 3.8) is 0 Å². The first kappa shape index (κ1) is 9.72. The molecule has 3 rings (SSSR count). The Morgan fingerprint density at radius 3 is 3.25 bits per heavy atom. The molecule has 5 heteroatoms. The van der Waals surface area contributed by atoms with Crippen LogP contribution in [0.25, 0.3) is 5.65 Å². The minimum atomic E-state index is 0.486. The summed E-state index contributed by atoms with van der Waals surface area (Å²) in [6, 6.07) is 3.83. The number of fused-ring (bicyclic) bond motifs is 1. The molecular formula is C11H15N5. The van der Waals surface area contributed by atoms with Gasteiger partial charge in [-0.3, -0.25) is 0 Å². The Bertz CT molecular complexity index is 470. The summed E-state index contributed by atoms with van der Waals surface area (Å²) in [7, 11) is 0. The molecular weight excluding hydrogens is 202 g/mol. The van der Waals surface area contributed by atoms with Crippen molar-refractivity contribution >= 4 is 5.65 Å². The lowest BCUT2D eigenvalue weighted by Crippen LogP contribution is -2.14. The smallest absolute Gasteiger partial charge is 0.177 e. The fraction of sp³-hybridized carbons (Fsp3) is 0.545. The number of hydrogen-bond acceptors (Lipinski definition) is 4. The summed E-state index contributed by atoms with van der Waals surface area (Å²) in [4.78, 5) is 0. The van der Waals surface area contributed by atoms with Gasteiger partial charge in [-0.05, 0) is 44.5 Å². The number of aromatic nitrogens is 4. The van der Waals surface area contributed by atoms with Crippen LogP contribution in [0.3, 0.4) is 0 Å². The molecule has 1 atom stereocenters. The zero-order valence-electron chi connectivity index (χ0n) is 9.13. The molecule has 1 aliphatic heterocycles. The van der Waals surface area contributed by atoms with Gasteiger partial charge in [0.1, 0.15) is 0 Å². The van der Waals surface area contributed by atoms with E-state index in [2.05, 4.69) is 20.6 Å². The molecule has 0 aliphatic carbocycles. The largest absolute Gasteiger partial charge is 0.317 e. The highest BCUT2D eigenvalue weighted by molar-refractivity contribution is 5.35. The highest BCUT2D eigenvalue weighted by atomic mass is 15.4. The molecule has 0 spiro atoms. The molecule has 1 saturated heterocycles. The van der Waals surface area contributed by atoms with Crippen molar-refractivity contribution in [2.75, 3.05) is 13.1 Å². The number of hydrogen-bond donors (Lipinski definition) is 1. The summed E-state index contributed by atoms with van der Waals surface area (Å²) in [5.41, 5.74) is 0.842. The van der Waals surface area contributed by atoms with Crippen molar-refractivity contribution in [2.45, 2.75) is 25.2 Å². The molecule has 3 heterocycles. The average Bonchev–Trinajstić information content (AvgIpc) is 2.57. The van der Waals surface area contributed by atoms with Crippen LogP contribution in [0.15, 0.2) is 18.3 Å². The topological polar surface area (TPSA) is 55.1 Å². The Hall–Kier alpha value is -1.49. The van der Waals surface area contributed by atoms with Crippen molar-refractivity contribution in [1.29, 1.82) is 0 Å². The van der Waals surface area contributed by atoms with E-state index in [1.165, 1.54) is 12.8 Å². The molecule has 0 aromatic carbocycles. The minimum absolute atomic E-state index is 0.486. The van der Waals surface area contributed by atoms with Gasteiger partial charge in [-0.25, -0.2) is 0 Å². The lowest BCUT2D eigenvalue weighted by molar-refractivity contribution is 0.559. The van der Waals surface area contributed by atoms with Gasteiger partial charge in [-0.15, -0.1) is 10.2 Å². The van der Waals surface area contributed by atoms with Crippen LogP contribution < -0.4 is 5.32 Å². The molecule has 1 aliphatic rings. The standard InChI is InChI=1S/C11H15N5/c1-3-9(5-8-12-6-1)11-15-14-10-4-2-7-13-16(10)11/h2,4,7,9,12H,1,3,5-6,8H2. The molecule has 84 valence electrons. The summed E-state index contributed by atoms with van der Waals surface area (Å²) in [5, 5.41) is 16.2. The van der Waals surface area contributed by atoms with E-state index >= 15 is 0 Å². The van der Waals surface area contributed by atoms with Crippen molar-refractivity contribution in [3.8, 4) is 0 Å². The first-order valence-electron chi connectivity index (χ1n) is 5.82. The van der Waals surface area contributed by atoms with Crippen LogP contribution in [0.1, 0.15) is 31.0 Å². The van der Waals surface area contributed by atoms with Gasteiger partial charge in [0.2, 0.25) is 0 Å². The Labute approximate surface area is 93.9 Å². The van der Waals surface area contributed by atoms with Crippen LogP contribution in [0.2, 0.25) is 0 Å². The van der Waals surface area contributed by atoms with E-state index < -0.39 is 0 Å².